The van der Waals surface area contributed by atoms with Crippen molar-refractivity contribution in [2.24, 2.45) is 4.99 Å². The standard InChI is InChI=1S/C27H24N6/c1-4-5-20(19-7-11-28-12-8-19)21-14-26(31-18(21)3)27-22-15-25(23-16-29-10-6-17(23)2)30-13-9-24(22)32-33-27/h4-12,14-16,31-32H,1,13H2,2-3H3/b20-5-. The fraction of sp³-hybridized carbons (Fsp3) is 0.111. The molecule has 2 N–H and O–H groups in total. The Morgan fingerprint density at radius 2 is 1.91 bits per heavy atom. The molecule has 0 spiro atoms. The molecule has 5 heterocycles. The monoisotopic (exact) mass is 432 g/mol. The fourth-order valence-corrected chi connectivity index (χ4v) is 4.14. The van der Waals surface area contributed by atoms with Crippen LogP contribution in [0.1, 0.15) is 27.9 Å². The second kappa shape index (κ2) is 8.67. The van der Waals surface area contributed by atoms with Gasteiger partial charge in [-0.05, 0) is 67.0 Å². The molecule has 0 saturated carbocycles. The molecule has 6 nitrogen and oxygen atoms in total. The van der Waals surface area contributed by atoms with Crippen LogP contribution in [-0.4, -0.2) is 37.4 Å². The van der Waals surface area contributed by atoms with Gasteiger partial charge in [0.05, 0.1) is 23.3 Å². The molecular formula is C27H24N6. The Labute approximate surface area is 191 Å². The van der Waals surface area contributed by atoms with Gasteiger partial charge in [-0.15, -0.1) is 0 Å². The van der Waals surface area contributed by atoms with Crippen molar-refractivity contribution in [1.29, 1.82) is 0 Å². The summed E-state index contributed by atoms with van der Waals surface area (Å²) in [5.74, 6) is 0. The van der Waals surface area contributed by atoms with Gasteiger partial charge in [0, 0.05) is 46.8 Å². The number of aliphatic imine (C=N–C) groups is 1. The predicted octanol–water partition coefficient (Wildman–Crippen LogP) is 3.49. The average Bonchev–Trinajstić information content (AvgIpc) is 3.34. The first-order chi connectivity index (χ1) is 16.2. The van der Waals surface area contributed by atoms with Crippen molar-refractivity contribution in [2.75, 3.05) is 6.54 Å². The number of pyridine rings is 2. The minimum Gasteiger partial charge on any atom is -0.357 e. The number of nitrogens with zero attached hydrogens (tertiary/aromatic N) is 4. The molecule has 162 valence electrons. The summed E-state index contributed by atoms with van der Waals surface area (Å²) in [4.78, 5) is 16.7. The summed E-state index contributed by atoms with van der Waals surface area (Å²) < 4.78 is 0. The van der Waals surface area contributed by atoms with E-state index in [-0.39, 0.29) is 0 Å². The number of hydrogen-bond donors (Lipinski definition) is 2. The van der Waals surface area contributed by atoms with Gasteiger partial charge in [-0.1, -0.05) is 18.7 Å². The average molecular weight is 433 g/mol. The van der Waals surface area contributed by atoms with Crippen molar-refractivity contribution >= 4 is 23.4 Å². The van der Waals surface area contributed by atoms with Crippen molar-refractivity contribution in [2.45, 2.75) is 13.8 Å². The van der Waals surface area contributed by atoms with Crippen molar-refractivity contribution in [3.63, 3.8) is 0 Å². The van der Waals surface area contributed by atoms with Crippen LogP contribution in [0.4, 0.5) is 0 Å². The van der Waals surface area contributed by atoms with Gasteiger partial charge in [0.1, 0.15) is 5.69 Å². The first kappa shape index (κ1) is 20.6. The van der Waals surface area contributed by atoms with Crippen LogP contribution in [0.5, 0.6) is 0 Å². The Morgan fingerprint density at radius 1 is 1.09 bits per heavy atom. The van der Waals surface area contributed by atoms with E-state index in [9.17, 15) is 0 Å². The summed E-state index contributed by atoms with van der Waals surface area (Å²) in [6, 6.07) is 8.16. The molecule has 4 aromatic rings. The smallest absolute Gasteiger partial charge is 0.116 e. The van der Waals surface area contributed by atoms with Crippen LogP contribution in [0.25, 0.3) is 29.1 Å². The molecule has 5 rings (SSSR count). The highest BCUT2D eigenvalue weighted by molar-refractivity contribution is 6.22. The maximum atomic E-state index is 4.77. The maximum absolute atomic E-state index is 4.77. The Balaban J connectivity index is 1.64. The predicted molar refractivity (Wildman–Crippen MR) is 133 cm³/mol. The van der Waals surface area contributed by atoms with Crippen LogP contribution in [0.2, 0.25) is 0 Å². The molecule has 0 aromatic carbocycles. The van der Waals surface area contributed by atoms with E-state index in [4.69, 9.17) is 4.99 Å². The molecule has 0 amide bonds. The lowest BCUT2D eigenvalue weighted by Crippen LogP contribution is -2.24. The Bertz CT molecular complexity index is 1520. The number of aryl methyl sites for hydroxylation is 2. The second-order valence-corrected chi connectivity index (χ2v) is 7.94. The van der Waals surface area contributed by atoms with Crippen molar-refractivity contribution in [1.82, 2.24) is 25.1 Å². The van der Waals surface area contributed by atoms with E-state index in [0.717, 1.165) is 61.2 Å². The highest BCUT2D eigenvalue weighted by Crippen LogP contribution is 2.29. The van der Waals surface area contributed by atoms with Gasteiger partial charge in [-0.25, -0.2) is 0 Å². The third kappa shape index (κ3) is 3.87. The van der Waals surface area contributed by atoms with Crippen LogP contribution in [-0.2, 0) is 0 Å². The van der Waals surface area contributed by atoms with Gasteiger partial charge >= 0.3 is 0 Å². The number of H-pyrrole nitrogens is 2. The van der Waals surface area contributed by atoms with Crippen LogP contribution < -0.4 is 10.6 Å². The molecule has 0 bridgehead atoms. The summed E-state index contributed by atoms with van der Waals surface area (Å²) in [5.41, 5.74) is 9.21. The Morgan fingerprint density at radius 3 is 2.70 bits per heavy atom. The first-order valence-electron chi connectivity index (χ1n) is 10.8. The molecule has 0 atom stereocenters. The summed E-state index contributed by atoms with van der Waals surface area (Å²) in [5, 5.41) is 9.82. The second-order valence-electron chi connectivity index (χ2n) is 7.94. The molecular weight excluding hydrogens is 408 g/mol. The van der Waals surface area contributed by atoms with Crippen molar-refractivity contribution in [3.05, 3.63) is 106 Å². The minimum atomic E-state index is 0.581. The third-order valence-electron chi connectivity index (χ3n) is 5.82. The molecule has 33 heavy (non-hydrogen) atoms. The Hall–Kier alpha value is -4.32. The molecule has 0 fully saturated rings. The number of fused-ring (bicyclic) bond motifs is 1. The zero-order chi connectivity index (χ0) is 22.8. The van der Waals surface area contributed by atoms with Crippen LogP contribution in [0.15, 0.2) is 72.8 Å². The molecule has 4 aromatic heterocycles. The number of aromatic amines is 2. The van der Waals surface area contributed by atoms with Crippen LogP contribution in [0.3, 0.4) is 0 Å². The number of nitrogens with one attached hydrogen (secondary N) is 2. The molecule has 0 radical (unpaired) electrons. The molecule has 0 saturated heterocycles. The minimum absolute atomic E-state index is 0.581. The van der Waals surface area contributed by atoms with E-state index in [2.05, 4.69) is 63.8 Å². The van der Waals surface area contributed by atoms with Crippen molar-refractivity contribution in [3.8, 4) is 11.4 Å². The topological polar surface area (TPSA) is 82.6 Å². The van der Waals surface area contributed by atoms with E-state index in [1.807, 2.05) is 36.5 Å². The van der Waals surface area contributed by atoms with Crippen LogP contribution >= 0.6 is 0 Å². The normalized spacial score (nSPS) is 13.4. The van der Waals surface area contributed by atoms with Gasteiger partial charge in [0.2, 0.25) is 0 Å². The molecule has 0 unspecified atom stereocenters. The van der Waals surface area contributed by atoms with E-state index < -0.39 is 0 Å². The summed E-state index contributed by atoms with van der Waals surface area (Å²) in [6.07, 6.45) is 15.3. The number of rotatable bonds is 5. The zero-order valence-corrected chi connectivity index (χ0v) is 18.6. The largest absolute Gasteiger partial charge is 0.357 e. The van der Waals surface area contributed by atoms with E-state index in [1.54, 1.807) is 18.6 Å². The summed E-state index contributed by atoms with van der Waals surface area (Å²) >= 11 is 0. The van der Waals surface area contributed by atoms with E-state index in [0.29, 0.717) is 6.54 Å². The van der Waals surface area contributed by atoms with Gasteiger partial charge in [-0.3, -0.25) is 20.1 Å². The van der Waals surface area contributed by atoms with Gasteiger partial charge in [0.25, 0.3) is 0 Å². The summed E-state index contributed by atoms with van der Waals surface area (Å²) in [6.45, 7) is 8.63. The number of aromatic nitrogens is 5. The van der Waals surface area contributed by atoms with Gasteiger partial charge < -0.3 is 4.98 Å². The molecule has 6 heteroatoms. The molecule has 0 aliphatic carbocycles. The van der Waals surface area contributed by atoms with Gasteiger partial charge in [0.15, 0.2) is 0 Å². The number of hydrogen-bond acceptors (Lipinski definition) is 4. The first-order valence-corrected chi connectivity index (χ1v) is 10.8. The van der Waals surface area contributed by atoms with Crippen molar-refractivity contribution < 1.29 is 0 Å². The molecule has 1 aliphatic heterocycles. The molecule has 1 aliphatic rings. The number of allylic oxidation sites excluding steroid dienone is 2. The zero-order valence-electron chi connectivity index (χ0n) is 18.6. The fourth-order valence-electron chi connectivity index (χ4n) is 4.14. The lowest BCUT2D eigenvalue weighted by atomic mass is 9.98. The lowest BCUT2D eigenvalue weighted by molar-refractivity contribution is 1.05. The third-order valence-corrected chi connectivity index (χ3v) is 5.82. The quantitative estimate of drug-likeness (QED) is 0.474. The Kier molecular flexibility index (Phi) is 5.40. The lowest BCUT2D eigenvalue weighted by Gasteiger charge is -2.06. The van der Waals surface area contributed by atoms with Crippen LogP contribution in [0, 0.1) is 13.8 Å². The highest BCUT2D eigenvalue weighted by Gasteiger charge is 2.16. The maximum Gasteiger partial charge on any atom is 0.116 e. The SMILES string of the molecule is C=C/C=C(/c1ccncc1)c1cc(-c2n[nH]c3c2=CC(c2cnccc2C)=NCC=3)[nH]c1C. The van der Waals surface area contributed by atoms with Gasteiger partial charge in [-0.2, -0.15) is 5.10 Å². The summed E-state index contributed by atoms with van der Waals surface area (Å²) in [7, 11) is 0. The van der Waals surface area contributed by atoms with E-state index >= 15 is 0 Å². The highest BCUT2D eigenvalue weighted by atomic mass is 15.1. The van der Waals surface area contributed by atoms with E-state index in [1.165, 1.54) is 0 Å².